The molecule has 0 aromatic carbocycles. The zero-order valence-corrected chi connectivity index (χ0v) is 14.2. The summed E-state index contributed by atoms with van der Waals surface area (Å²) in [5, 5.41) is 0. The third kappa shape index (κ3) is 9.89. The first-order chi connectivity index (χ1) is 10.2. The van der Waals surface area contributed by atoms with Crippen LogP contribution in [0.4, 0.5) is 0 Å². The summed E-state index contributed by atoms with van der Waals surface area (Å²) in [6, 6.07) is 0. The van der Waals surface area contributed by atoms with Crippen LogP contribution in [0.2, 0.25) is 0 Å². The Kier molecular flexibility index (Phi) is 10.6. The monoisotopic (exact) mass is 297 g/mol. The van der Waals surface area contributed by atoms with Crippen LogP contribution in [-0.2, 0) is 9.53 Å². The lowest BCUT2D eigenvalue weighted by atomic mass is 10.0. The SMILES string of the molecule is CCCCCCCCC[C@H](C)COC(=O)CN1CCCC1. The van der Waals surface area contributed by atoms with Crippen LogP contribution in [0.1, 0.15) is 78.1 Å². The molecule has 0 N–H and O–H groups in total. The van der Waals surface area contributed by atoms with E-state index >= 15 is 0 Å². The molecule has 3 nitrogen and oxygen atoms in total. The fourth-order valence-corrected chi connectivity index (χ4v) is 2.94. The summed E-state index contributed by atoms with van der Waals surface area (Å²) >= 11 is 0. The van der Waals surface area contributed by atoms with Gasteiger partial charge < -0.3 is 4.74 Å². The van der Waals surface area contributed by atoms with E-state index < -0.39 is 0 Å². The molecule has 1 atom stereocenters. The van der Waals surface area contributed by atoms with E-state index in [-0.39, 0.29) is 5.97 Å². The molecule has 1 rings (SSSR count). The highest BCUT2D eigenvalue weighted by Gasteiger charge is 2.16. The maximum Gasteiger partial charge on any atom is 0.320 e. The lowest BCUT2D eigenvalue weighted by Gasteiger charge is -2.16. The van der Waals surface area contributed by atoms with Crippen molar-refractivity contribution in [2.45, 2.75) is 78.1 Å². The van der Waals surface area contributed by atoms with Gasteiger partial charge in [0.2, 0.25) is 0 Å². The van der Waals surface area contributed by atoms with Crippen LogP contribution in [0.15, 0.2) is 0 Å². The average Bonchev–Trinajstić information content (AvgIpc) is 2.97. The van der Waals surface area contributed by atoms with Crippen LogP contribution in [0.3, 0.4) is 0 Å². The van der Waals surface area contributed by atoms with Crippen molar-refractivity contribution in [3.8, 4) is 0 Å². The van der Waals surface area contributed by atoms with Crippen molar-refractivity contribution in [3.63, 3.8) is 0 Å². The Morgan fingerprint density at radius 1 is 1.05 bits per heavy atom. The molecule has 3 heteroatoms. The number of hydrogen-bond acceptors (Lipinski definition) is 3. The molecule has 0 saturated carbocycles. The molecule has 124 valence electrons. The van der Waals surface area contributed by atoms with E-state index in [0.717, 1.165) is 13.1 Å². The minimum absolute atomic E-state index is 0.0386. The predicted octanol–water partition coefficient (Wildman–Crippen LogP) is 4.40. The molecule has 0 aliphatic carbocycles. The predicted molar refractivity (Wildman–Crippen MR) is 88.4 cm³/mol. The minimum Gasteiger partial charge on any atom is -0.464 e. The molecule has 1 saturated heterocycles. The summed E-state index contributed by atoms with van der Waals surface area (Å²) in [5.41, 5.74) is 0. The van der Waals surface area contributed by atoms with Gasteiger partial charge in [0.25, 0.3) is 0 Å². The third-order valence-corrected chi connectivity index (χ3v) is 4.38. The van der Waals surface area contributed by atoms with Crippen molar-refractivity contribution in [1.82, 2.24) is 4.90 Å². The average molecular weight is 297 g/mol. The van der Waals surface area contributed by atoms with E-state index in [4.69, 9.17) is 4.74 Å². The maximum absolute atomic E-state index is 11.7. The molecule has 21 heavy (non-hydrogen) atoms. The summed E-state index contributed by atoms with van der Waals surface area (Å²) in [6.45, 7) is 7.66. The first kappa shape index (κ1) is 18.5. The number of carbonyl (C=O) groups excluding carboxylic acids is 1. The van der Waals surface area contributed by atoms with Crippen LogP contribution in [-0.4, -0.2) is 37.1 Å². The van der Waals surface area contributed by atoms with Crippen molar-refractivity contribution in [2.75, 3.05) is 26.2 Å². The van der Waals surface area contributed by atoms with E-state index in [0.29, 0.717) is 19.1 Å². The number of nitrogens with zero attached hydrogens (tertiary/aromatic N) is 1. The van der Waals surface area contributed by atoms with Gasteiger partial charge >= 0.3 is 5.97 Å². The fourth-order valence-electron chi connectivity index (χ4n) is 2.94. The lowest BCUT2D eigenvalue weighted by molar-refractivity contribution is -0.146. The lowest BCUT2D eigenvalue weighted by Crippen LogP contribution is -2.29. The summed E-state index contributed by atoms with van der Waals surface area (Å²) in [6.07, 6.45) is 13.1. The Balaban J connectivity index is 1.90. The Labute approximate surface area is 131 Å². The highest BCUT2D eigenvalue weighted by atomic mass is 16.5. The molecule has 0 aromatic heterocycles. The van der Waals surface area contributed by atoms with Gasteiger partial charge in [-0.05, 0) is 38.3 Å². The number of likely N-dealkylation sites (tertiary alicyclic amines) is 1. The second-order valence-electron chi connectivity index (χ2n) is 6.68. The molecular formula is C18H35NO2. The van der Waals surface area contributed by atoms with Crippen LogP contribution < -0.4 is 0 Å². The Morgan fingerprint density at radius 3 is 2.33 bits per heavy atom. The number of ether oxygens (including phenoxy) is 1. The number of carbonyl (C=O) groups is 1. The van der Waals surface area contributed by atoms with Crippen molar-refractivity contribution in [3.05, 3.63) is 0 Å². The summed E-state index contributed by atoms with van der Waals surface area (Å²) in [7, 11) is 0. The topological polar surface area (TPSA) is 29.5 Å². The van der Waals surface area contributed by atoms with Crippen LogP contribution in [0.25, 0.3) is 0 Å². The first-order valence-electron chi connectivity index (χ1n) is 9.10. The molecular weight excluding hydrogens is 262 g/mol. The number of unbranched alkanes of at least 4 members (excludes halogenated alkanes) is 6. The van der Waals surface area contributed by atoms with Gasteiger partial charge in [-0.1, -0.05) is 58.8 Å². The minimum atomic E-state index is -0.0386. The van der Waals surface area contributed by atoms with E-state index in [1.165, 1.54) is 64.2 Å². The van der Waals surface area contributed by atoms with Gasteiger partial charge in [0.1, 0.15) is 0 Å². The number of esters is 1. The smallest absolute Gasteiger partial charge is 0.320 e. The highest BCUT2D eigenvalue weighted by molar-refractivity contribution is 5.71. The van der Waals surface area contributed by atoms with Gasteiger partial charge in [-0.3, -0.25) is 9.69 Å². The zero-order valence-electron chi connectivity index (χ0n) is 14.2. The molecule has 1 fully saturated rings. The third-order valence-electron chi connectivity index (χ3n) is 4.38. The second-order valence-corrected chi connectivity index (χ2v) is 6.68. The fraction of sp³-hybridized carbons (Fsp3) is 0.944. The van der Waals surface area contributed by atoms with Gasteiger partial charge in [0, 0.05) is 0 Å². The van der Waals surface area contributed by atoms with Gasteiger partial charge in [-0.2, -0.15) is 0 Å². The van der Waals surface area contributed by atoms with Gasteiger partial charge in [0.15, 0.2) is 0 Å². The normalized spacial score (nSPS) is 17.0. The molecule has 0 aromatic rings. The molecule has 1 aliphatic rings. The molecule has 0 bridgehead atoms. The summed E-state index contributed by atoms with van der Waals surface area (Å²) in [4.78, 5) is 13.9. The van der Waals surface area contributed by atoms with Crippen molar-refractivity contribution >= 4 is 5.97 Å². The Morgan fingerprint density at radius 2 is 1.67 bits per heavy atom. The molecule has 0 radical (unpaired) electrons. The van der Waals surface area contributed by atoms with E-state index in [1.807, 2.05) is 0 Å². The molecule has 0 unspecified atom stereocenters. The van der Waals surface area contributed by atoms with E-state index in [1.54, 1.807) is 0 Å². The van der Waals surface area contributed by atoms with Gasteiger partial charge in [-0.15, -0.1) is 0 Å². The zero-order chi connectivity index (χ0) is 15.3. The van der Waals surface area contributed by atoms with Crippen molar-refractivity contribution in [2.24, 2.45) is 5.92 Å². The largest absolute Gasteiger partial charge is 0.464 e. The van der Waals surface area contributed by atoms with Crippen molar-refractivity contribution < 1.29 is 9.53 Å². The van der Waals surface area contributed by atoms with Crippen LogP contribution >= 0.6 is 0 Å². The first-order valence-corrected chi connectivity index (χ1v) is 9.10. The van der Waals surface area contributed by atoms with Crippen LogP contribution in [0.5, 0.6) is 0 Å². The second kappa shape index (κ2) is 12.0. The molecule has 1 heterocycles. The maximum atomic E-state index is 11.7. The molecule has 1 aliphatic heterocycles. The quantitative estimate of drug-likeness (QED) is 0.395. The van der Waals surface area contributed by atoms with Gasteiger partial charge in [-0.25, -0.2) is 0 Å². The molecule has 0 spiro atoms. The Hall–Kier alpha value is -0.570. The van der Waals surface area contributed by atoms with Crippen LogP contribution in [0, 0.1) is 5.92 Å². The molecule has 0 amide bonds. The van der Waals surface area contributed by atoms with Gasteiger partial charge in [0.05, 0.1) is 13.2 Å². The summed E-state index contributed by atoms with van der Waals surface area (Å²) in [5.74, 6) is 0.464. The number of rotatable bonds is 12. The van der Waals surface area contributed by atoms with E-state index in [2.05, 4.69) is 18.7 Å². The summed E-state index contributed by atoms with van der Waals surface area (Å²) < 4.78 is 5.40. The Bertz CT molecular complexity index is 262. The van der Waals surface area contributed by atoms with Crippen molar-refractivity contribution in [1.29, 1.82) is 0 Å². The number of hydrogen-bond donors (Lipinski definition) is 0. The standard InChI is InChI=1S/C18H35NO2/c1-3-4-5-6-7-8-9-12-17(2)16-21-18(20)15-19-13-10-11-14-19/h17H,3-16H2,1-2H3/t17-/m0/s1. The highest BCUT2D eigenvalue weighted by Crippen LogP contribution is 2.13. The van der Waals surface area contributed by atoms with E-state index in [9.17, 15) is 4.79 Å².